The number of ether oxygens (including phenoxy) is 2. The number of carbonyl (C=O) groups is 2. The average Bonchev–Trinajstić information content (AvgIpc) is 3.28. The molecule has 2 aliphatic heterocycles. The Kier molecular flexibility index (Phi) is 6.19. The maximum absolute atomic E-state index is 13.0. The maximum Gasteiger partial charge on any atom is 0.331 e. The minimum Gasteiger partial charge on any atom is -0.456 e. The maximum atomic E-state index is 13.0. The molecule has 3 unspecified atom stereocenters. The Hall–Kier alpha value is -2.21. The third-order valence-electron chi connectivity index (χ3n) is 8.14. The first-order valence-corrected chi connectivity index (χ1v) is 11.7. The van der Waals surface area contributed by atoms with Crippen LogP contribution in [0.15, 0.2) is 36.4 Å². The summed E-state index contributed by atoms with van der Waals surface area (Å²) in [6.45, 7) is 7.35. The number of halogens is 1. The molecule has 1 aromatic rings. The van der Waals surface area contributed by atoms with E-state index in [1.165, 1.54) is 6.08 Å². The highest BCUT2D eigenvalue weighted by Gasteiger charge is 2.71. The van der Waals surface area contributed by atoms with Crippen molar-refractivity contribution < 1.29 is 23.5 Å². The molecule has 0 radical (unpaired) electrons. The van der Waals surface area contributed by atoms with Crippen LogP contribution in [0.3, 0.4) is 0 Å². The summed E-state index contributed by atoms with van der Waals surface area (Å²) in [5.74, 6) is -0.315. The third-order valence-corrected chi connectivity index (χ3v) is 8.14. The van der Waals surface area contributed by atoms with Gasteiger partial charge in [0.1, 0.15) is 11.7 Å². The van der Waals surface area contributed by atoms with Gasteiger partial charge in [-0.15, -0.1) is 0 Å². The first-order valence-electron chi connectivity index (χ1n) is 11.7. The summed E-state index contributed by atoms with van der Waals surface area (Å²) in [7, 11) is 0. The van der Waals surface area contributed by atoms with E-state index in [1.54, 1.807) is 6.08 Å². The molecule has 6 heteroatoms. The lowest BCUT2D eigenvalue weighted by Crippen LogP contribution is -2.63. The molecule has 32 heavy (non-hydrogen) atoms. The zero-order valence-corrected chi connectivity index (χ0v) is 19.3. The summed E-state index contributed by atoms with van der Waals surface area (Å²) >= 11 is 0. The van der Waals surface area contributed by atoms with Gasteiger partial charge in [-0.05, 0) is 49.2 Å². The molecular weight excluding hydrogens is 409 g/mol. The van der Waals surface area contributed by atoms with Gasteiger partial charge in [-0.3, -0.25) is 4.79 Å². The number of nitrogens with one attached hydrogen (secondary N) is 1. The van der Waals surface area contributed by atoms with Gasteiger partial charge in [-0.1, -0.05) is 51.1 Å². The quantitative estimate of drug-likeness (QED) is 0.526. The normalized spacial score (nSPS) is 38.1. The molecule has 3 fully saturated rings. The molecule has 1 saturated carbocycles. The number of hydrogen-bond acceptors (Lipinski definition) is 4. The standard InChI is InChI=1S/C26H34FNO4/c1-16(2)26-14-20(28-21(29)15-27)25(4,32-26)19-12-10-17(3)23(19)24(26)31-22(30)13-11-18-8-6-5-7-9-18/h5-9,11,13,16-17,19-20,23-24H,10,12,14-15H2,1-4H3,(H,28,29)/b13-11+/t17-,19?,20-,23-,24+,25?,26?/m1/s1. The van der Waals surface area contributed by atoms with Crippen molar-refractivity contribution in [2.75, 3.05) is 6.67 Å². The highest BCUT2D eigenvalue weighted by atomic mass is 19.1. The smallest absolute Gasteiger partial charge is 0.331 e. The number of rotatable bonds is 6. The molecule has 1 aliphatic carbocycles. The monoisotopic (exact) mass is 443 g/mol. The minimum absolute atomic E-state index is 0.0544. The van der Waals surface area contributed by atoms with E-state index < -0.39 is 29.9 Å². The summed E-state index contributed by atoms with van der Waals surface area (Å²) in [5.41, 5.74) is -0.399. The molecule has 2 saturated heterocycles. The van der Waals surface area contributed by atoms with E-state index in [1.807, 2.05) is 37.3 Å². The van der Waals surface area contributed by atoms with Crippen molar-refractivity contribution in [3.05, 3.63) is 42.0 Å². The summed E-state index contributed by atoms with van der Waals surface area (Å²) < 4.78 is 26.0. The van der Waals surface area contributed by atoms with Crippen LogP contribution in [0.25, 0.3) is 6.08 Å². The Labute approximate surface area is 189 Å². The van der Waals surface area contributed by atoms with E-state index in [4.69, 9.17) is 9.47 Å². The average molecular weight is 444 g/mol. The highest BCUT2D eigenvalue weighted by molar-refractivity contribution is 5.87. The van der Waals surface area contributed by atoms with Crippen molar-refractivity contribution in [1.82, 2.24) is 5.32 Å². The molecule has 5 nitrogen and oxygen atoms in total. The Balaban J connectivity index is 1.65. The topological polar surface area (TPSA) is 64.6 Å². The summed E-state index contributed by atoms with van der Waals surface area (Å²) in [6, 6.07) is 9.32. The Morgan fingerprint density at radius 3 is 2.66 bits per heavy atom. The van der Waals surface area contributed by atoms with E-state index in [-0.39, 0.29) is 29.8 Å². The van der Waals surface area contributed by atoms with Crippen molar-refractivity contribution in [1.29, 1.82) is 0 Å². The first-order chi connectivity index (χ1) is 15.2. The van der Waals surface area contributed by atoms with Gasteiger partial charge in [0.2, 0.25) is 0 Å². The molecule has 0 spiro atoms. The number of benzene rings is 1. The lowest BCUT2D eigenvalue weighted by atomic mass is 9.69. The number of carbonyl (C=O) groups excluding carboxylic acids is 2. The first kappa shape index (κ1) is 23.0. The van der Waals surface area contributed by atoms with E-state index in [0.29, 0.717) is 12.3 Å². The van der Waals surface area contributed by atoms with Crippen LogP contribution < -0.4 is 5.32 Å². The molecule has 174 valence electrons. The van der Waals surface area contributed by atoms with Crippen LogP contribution in [0.2, 0.25) is 0 Å². The van der Waals surface area contributed by atoms with Gasteiger partial charge < -0.3 is 14.8 Å². The van der Waals surface area contributed by atoms with Crippen molar-refractivity contribution in [3.8, 4) is 0 Å². The molecular formula is C26H34FNO4. The molecule has 2 bridgehead atoms. The fraction of sp³-hybridized carbons (Fsp3) is 0.615. The molecule has 1 amide bonds. The van der Waals surface area contributed by atoms with Gasteiger partial charge in [0.15, 0.2) is 6.67 Å². The van der Waals surface area contributed by atoms with Gasteiger partial charge in [0.05, 0.1) is 11.6 Å². The van der Waals surface area contributed by atoms with E-state index in [9.17, 15) is 14.0 Å². The summed E-state index contributed by atoms with van der Waals surface area (Å²) in [6.07, 6.45) is 5.27. The fourth-order valence-corrected chi connectivity index (χ4v) is 6.46. The summed E-state index contributed by atoms with van der Waals surface area (Å²) in [4.78, 5) is 24.9. The van der Waals surface area contributed by atoms with Crippen LogP contribution >= 0.6 is 0 Å². The van der Waals surface area contributed by atoms with Crippen molar-refractivity contribution in [2.24, 2.45) is 23.7 Å². The van der Waals surface area contributed by atoms with E-state index in [2.05, 4.69) is 26.1 Å². The van der Waals surface area contributed by atoms with Crippen LogP contribution in [0, 0.1) is 23.7 Å². The van der Waals surface area contributed by atoms with Gasteiger partial charge in [0.25, 0.3) is 5.91 Å². The predicted octanol–water partition coefficient (Wildman–Crippen LogP) is 4.32. The SMILES string of the molecule is CC(C)C12C[C@@H](NC(=O)CF)C(C)(O1)C1CC[C@@H](C)[C@H]1[C@@H]2OC(=O)/C=C/c1ccccc1. The zero-order valence-electron chi connectivity index (χ0n) is 19.3. The van der Waals surface area contributed by atoms with Crippen LogP contribution in [0.5, 0.6) is 0 Å². The van der Waals surface area contributed by atoms with Gasteiger partial charge >= 0.3 is 5.97 Å². The molecule has 7 atom stereocenters. The minimum atomic E-state index is -1.05. The second kappa shape index (κ2) is 8.62. The van der Waals surface area contributed by atoms with Gasteiger partial charge in [-0.2, -0.15) is 0 Å². The van der Waals surface area contributed by atoms with Crippen molar-refractivity contribution >= 4 is 18.0 Å². The molecule has 3 aliphatic rings. The Morgan fingerprint density at radius 1 is 1.28 bits per heavy atom. The Bertz CT molecular complexity index is 887. The Morgan fingerprint density at radius 2 is 2.00 bits per heavy atom. The van der Waals surface area contributed by atoms with Gasteiger partial charge in [-0.25, -0.2) is 9.18 Å². The van der Waals surface area contributed by atoms with Crippen LogP contribution in [0.1, 0.15) is 52.5 Å². The molecule has 4 rings (SSSR count). The third kappa shape index (κ3) is 3.76. The van der Waals surface area contributed by atoms with Crippen molar-refractivity contribution in [2.45, 2.75) is 70.3 Å². The fourth-order valence-electron chi connectivity index (χ4n) is 6.46. The van der Waals surface area contributed by atoms with Crippen LogP contribution in [-0.4, -0.2) is 41.9 Å². The number of hydrogen-bond donors (Lipinski definition) is 1. The molecule has 2 heterocycles. The zero-order chi connectivity index (χ0) is 23.1. The number of fused-ring (bicyclic) bond motifs is 4. The van der Waals surface area contributed by atoms with Gasteiger partial charge in [0, 0.05) is 18.4 Å². The largest absolute Gasteiger partial charge is 0.456 e. The summed E-state index contributed by atoms with van der Waals surface area (Å²) in [5, 5.41) is 2.87. The highest BCUT2D eigenvalue weighted by Crippen LogP contribution is 2.62. The van der Waals surface area contributed by atoms with Crippen molar-refractivity contribution in [3.63, 3.8) is 0 Å². The number of alkyl halides is 1. The second-order valence-corrected chi connectivity index (χ2v) is 10.2. The van der Waals surface area contributed by atoms with E-state index in [0.717, 1.165) is 18.4 Å². The molecule has 1 N–H and O–H groups in total. The lowest BCUT2D eigenvalue weighted by molar-refractivity contribution is -0.259. The number of amides is 1. The van der Waals surface area contributed by atoms with E-state index >= 15 is 0 Å². The van der Waals surface area contributed by atoms with Crippen LogP contribution in [0.4, 0.5) is 4.39 Å². The van der Waals surface area contributed by atoms with Crippen LogP contribution in [-0.2, 0) is 19.1 Å². The number of esters is 1. The molecule has 0 aromatic heterocycles. The lowest BCUT2D eigenvalue weighted by Gasteiger charge is -2.53. The molecule has 1 aromatic carbocycles. The second-order valence-electron chi connectivity index (χ2n) is 10.2. The predicted molar refractivity (Wildman–Crippen MR) is 120 cm³/mol.